The van der Waals surface area contributed by atoms with Gasteiger partial charge in [-0.1, -0.05) is 48.5 Å². The number of carboxylic acids is 1. The fourth-order valence-electron chi connectivity index (χ4n) is 4.03. The molecule has 34 heavy (non-hydrogen) atoms. The number of rotatable bonds is 13. The molecule has 0 spiro atoms. The van der Waals surface area contributed by atoms with Crippen molar-refractivity contribution in [3.05, 3.63) is 65.7 Å². The molecular formula is C27H36N2O5. The highest BCUT2D eigenvalue weighted by Crippen LogP contribution is 2.21. The molecule has 2 aromatic rings. The zero-order chi connectivity index (χ0) is 24.2. The molecule has 1 aliphatic rings. The van der Waals surface area contributed by atoms with E-state index in [0.717, 1.165) is 50.3 Å². The number of ether oxygens (including phenoxy) is 2. The van der Waals surface area contributed by atoms with Crippen LogP contribution in [-0.2, 0) is 27.2 Å². The summed E-state index contributed by atoms with van der Waals surface area (Å²) >= 11 is 0. The summed E-state index contributed by atoms with van der Waals surface area (Å²) in [4.78, 5) is 27.7. The van der Waals surface area contributed by atoms with E-state index < -0.39 is 12.1 Å². The van der Waals surface area contributed by atoms with Crippen LogP contribution in [-0.4, -0.2) is 79.3 Å². The minimum atomic E-state index is -0.905. The van der Waals surface area contributed by atoms with E-state index in [0.29, 0.717) is 6.54 Å². The van der Waals surface area contributed by atoms with Gasteiger partial charge in [-0.3, -0.25) is 14.5 Å². The number of benzene rings is 2. The lowest BCUT2D eigenvalue weighted by Crippen LogP contribution is -2.48. The van der Waals surface area contributed by atoms with Gasteiger partial charge in [-0.2, -0.15) is 0 Å². The van der Waals surface area contributed by atoms with Crippen LogP contribution >= 0.6 is 0 Å². The van der Waals surface area contributed by atoms with E-state index in [1.54, 1.807) is 0 Å². The quantitative estimate of drug-likeness (QED) is 0.452. The van der Waals surface area contributed by atoms with Gasteiger partial charge < -0.3 is 19.5 Å². The standard InChI is InChI=1S/C27H36N2O5/c1-28-16-18-29(19-17-28)20-24(34-27(32)13-7-12-26(30)31)21-33-25-11-6-5-10-23(25)15-14-22-8-3-2-4-9-22/h2-6,8-11,24H,7,12-21H2,1H3,(H,30,31). The van der Waals surface area contributed by atoms with Gasteiger partial charge in [0.1, 0.15) is 18.5 Å². The van der Waals surface area contributed by atoms with E-state index in [1.165, 1.54) is 5.56 Å². The van der Waals surface area contributed by atoms with E-state index in [-0.39, 0.29) is 31.8 Å². The van der Waals surface area contributed by atoms with Gasteiger partial charge in [-0.15, -0.1) is 0 Å². The Morgan fingerprint density at radius 2 is 1.65 bits per heavy atom. The molecule has 0 saturated carbocycles. The van der Waals surface area contributed by atoms with E-state index in [1.807, 2.05) is 36.4 Å². The highest BCUT2D eigenvalue weighted by Gasteiger charge is 2.22. The number of aliphatic carboxylic acids is 1. The monoisotopic (exact) mass is 468 g/mol. The number of hydrogen-bond donors (Lipinski definition) is 1. The molecular weight excluding hydrogens is 432 g/mol. The van der Waals surface area contributed by atoms with E-state index in [4.69, 9.17) is 14.6 Å². The zero-order valence-corrected chi connectivity index (χ0v) is 20.0. The van der Waals surface area contributed by atoms with E-state index in [9.17, 15) is 9.59 Å². The van der Waals surface area contributed by atoms with Crippen LogP contribution in [0.3, 0.4) is 0 Å². The van der Waals surface area contributed by atoms with Crippen molar-refractivity contribution < 1.29 is 24.2 Å². The molecule has 1 aliphatic heterocycles. The average Bonchev–Trinajstić information content (AvgIpc) is 2.83. The Balaban J connectivity index is 1.58. The van der Waals surface area contributed by atoms with Crippen LogP contribution in [0.4, 0.5) is 0 Å². The fraction of sp³-hybridized carbons (Fsp3) is 0.481. The smallest absolute Gasteiger partial charge is 0.306 e. The first kappa shape index (κ1) is 25.7. The molecule has 7 heteroatoms. The molecule has 0 radical (unpaired) electrons. The maximum absolute atomic E-state index is 12.4. The number of hydrogen-bond acceptors (Lipinski definition) is 6. The number of nitrogens with zero attached hydrogens (tertiary/aromatic N) is 2. The van der Waals surface area contributed by atoms with E-state index >= 15 is 0 Å². The van der Waals surface area contributed by atoms with Crippen LogP contribution in [0.1, 0.15) is 30.4 Å². The molecule has 1 atom stereocenters. The minimum absolute atomic E-state index is 0.0382. The van der Waals surface area contributed by atoms with Crippen LogP contribution in [0.15, 0.2) is 54.6 Å². The molecule has 2 aromatic carbocycles. The predicted molar refractivity (Wildman–Crippen MR) is 131 cm³/mol. The summed E-state index contributed by atoms with van der Waals surface area (Å²) in [5, 5.41) is 8.82. The summed E-state index contributed by atoms with van der Waals surface area (Å²) in [6.45, 7) is 4.64. The third kappa shape index (κ3) is 9.15. The van der Waals surface area contributed by atoms with Crippen LogP contribution < -0.4 is 4.74 Å². The average molecular weight is 469 g/mol. The normalized spacial score (nSPS) is 15.6. The number of carboxylic acid groups (broad SMARTS) is 1. The zero-order valence-electron chi connectivity index (χ0n) is 20.0. The Hall–Kier alpha value is -2.90. The molecule has 1 heterocycles. The lowest BCUT2D eigenvalue weighted by Gasteiger charge is -2.34. The minimum Gasteiger partial charge on any atom is -0.489 e. The molecule has 0 aliphatic carbocycles. The third-order valence-electron chi connectivity index (χ3n) is 6.05. The van der Waals surface area contributed by atoms with Crippen LogP contribution in [0.2, 0.25) is 0 Å². The van der Waals surface area contributed by atoms with Crippen molar-refractivity contribution in [1.82, 2.24) is 9.80 Å². The van der Waals surface area contributed by atoms with Gasteiger partial charge in [-0.05, 0) is 43.5 Å². The number of likely N-dealkylation sites (N-methyl/N-ethyl adjacent to an activating group) is 1. The van der Waals surface area contributed by atoms with Gasteiger partial charge in [0.05, 0.1) is 0 Å². The highest BCUT2D eigenvalue weighted by molar-refractivity contribution is 5.71. The maximum Gasteiger partial charge on any atom is 0.306 e. The lowest BCUT2D eigenvalue weighted by molar-refractivity contribution is -0.152. The summed E-state index contributed by atoms with van der Waals surface area (Å²) in [5.41, 5.74) is 2.40. The topological polar surface area (TPSA) is 79.3 Å². The van der Waals surface area contributed by atoms with E-state index in [2.05, 4.69) is 35.0 Å². The van der Waals surface area contributed by atoms with Gasteiger partial charge >= 0.3 is 11.9 Å². The molecule has 0 bridgehead atoms. The predicted octanol–water partition coefficient (Wildman–Crippen LogP) is 3.26. The number of esters is 1. The molecule has 0 aromatic heterocycles. The van der Waals surface area contributed by atoms with Crippen molar-refractivity contribution in [1.29, 1.82) is 0 Å². The molecule has 1 unspecified atom stereocenters. The molecule has 1 saturated heterocycles. The molecule has 1 N–H and O–H groups in total. The van der Waals surface area contributed by atoms with Gasteiger partial charge in [0.15, 0.2) is 0 Å². The number of piperazine rings is 1. The summed E-state index contributed by atoms with van der Waals surface area (Å²) < 4.78 is 11.9. The summed E-state index contributed by atoms with van der Waals surface area (Å²) in [6, 6.07) is 18.4. The van der Waals surface area contributed by atoms with Crippen molar-refractivity contribution in [3.8, 4) is 5.75 Å². The Morgan fingerprint density at radius 3 is 2.38 bits per heavy atom. The molecule has 1 fully saturated rings. The molecule has 7 nitrogen and oxygen atoms in total. The summed E-state index contributed by atoms with van der Waals surface area (Å²) in [6.07, 6.45) is 1.70. The molecule has 3 rings (SSSR count). The van der Waals surface area contributed by atoms with Crippen molar-refractivity contribution in [2.75, 3.05) is 46.4 Å². The van der Waals surface area contributed by atoms with Gasteiger partial charge in [0.2, 0.25) is 0 Å². The number of carbonyl (C=O) groups excluding carboxylic acids is 1. The Bertz CT molecular complexity index is 897. The molecule has 184 valence electrons. The van der Waals surface area contributed by atoms with Crippen molar-refractivity contribution >= 4 is 11.9 Å². The molecule has 0 amide bonds. The van der Waals surface area contributed by atoms with Gasteiger partial charge in [0.25, 0.3) is 0 Å². The Kier molecular flexibility index (Phi) is 10.4. The first-order valence-corrected chi connectivity index (χ1v) is 12.1. The van der Waals surface area contributed by atoms with Crippen molar-refractivity contribution in [2.24, 2.45) is 0 Å². The van der Waals surface area contributed by atoms with Crippen molar-refractivity contribution in [3.63, 3.8) is 0 Å². The number of para-hydroxylation sites is 1. The first-order valence-electron chi connectivity index (χ1n) is 12.1. The number of carbonyl (C=O) groups is 2. The second-order valence-electron chi connectivity index (χ2n) is 8.87. The SMILES string of the molecule is CN1CCN(CC(COc2ccccc2CCc2ccccc2)OC(=O)CCCC(=O)O)CC1. The Morgan fingerprint density at radius 1 is 0.941 bits per heavy atom. The second kappa shape index (κ2) is 13.7. The maximum atomic E-state index is 12.4. The summed E-state index contributed by atoms with van der Waals surface area (Å²) in [7, 11) is 2.10. The lowest BCUT2D eigenvalue weighted by atomic mass is 10.0. The third-order valence-corrected chi connectivity index (χ3v) is 6.05. The van der Waals surface area contributed by atoms with Crippen molar-refractivity contribution in [2.45, 2.75) is 38.2 Å². The van der Waals surface area contributed by atoms with Gasteiger partial charge in [-0.25, -0.2) is 0 Å². The largest absolute Gasteiger partial charge is 0.489 e. The fourth-order valence-corrected chi connectivity index (χ4v) is 4.03. The number of aryl methyl sites for hydroxylation is 2. The Labute approximate surface area is 202 Å². The van der Waals surface area contributed by atoms with Crippen LogP contribution in [0.25, 0.3) is 0 Å². The summed E-state index contributed by atoms with van der Waals surface area (Å²) in [5.74, 6) is -0.470. The van der Waals surface area contributed by atoms with Crippen LogP contribution in [0, 0.1) is 0 Å². The van der Waals surface area contributed by atoms with Crippen LogP contribution in [0.5, 0.6) is 5.75 Å². The van der Waals surface area contributed by atoms with Gasteiger partial charge in [0, 0.05) is 45.6 Å². The second-order valence-corrected chi connectivity index (χ2v) is 8.87. The highest BCUT2D eigenvalue weighted by atomic mass is 16.6. The first-order chi connectivity index (χ1) is 16.5.